The van der Waals surface area contributed by atoms with Crippen LogP contribution in [0.2, 0.25) is 0 Å². The lowest BCUT2D eigenvalue weighted by atomic mass is 9.56. The van der Waals surface area contributed by atoms with E-state index in [1.165, 1.54) is 33.2 Å². The Hall–Kier alpha value is -3.69. The predicted octanol–water partition coefficient (Wildman–Crippen LogP) is 3.80. The van der Waals surface area contributed by atoms with Gasteiger partial charge >= 0.3 is 0 Å². The molecule has 6 atom stereocenters. The molecule has 212 valence electrons. The number of allylic oxidation sites excluding steroid dienone is 2. The molecule has 1 N–H and O–H groups in total. The van der Waals surface area contributed by atoms with Crippen LogP contribution in [0.3, 0.4) is 0 Å². The average Bonchev–Trinajstić information content (AvgIpc) is 3.28. The first-order valence-electron chi connectivity index (χ1n) is 13.1. The molecule has 2 heterocycles. The molecule has 0 spiro atoms. The molecule has 3 fully saturated rings. The molecule has 1 saturated carbocycles. The second-order valence-electron chi connectivity index (χ2n) is 11.0. The largest absolute Gasteiger partial charge is 0.504 e. The van der Waals surface area contributed by atoms with E-state index in [-0.39, 0.29) is 36.0 Å². The van der Waals surface area contributed by atoms with Gasteiger partial charge in [-0.1, -0.05) is 17.7 Å². The second-order valence-corrected chi connectivity index (χ2v) is 12.3. The highest BCUT2D eigenvalue weighted by atomic mass is 35.5. The van der Waals surface area contributed by atoms with Gasteiger partial charge < -0.3 is 9.84 Å². The van der Waals surface area contributed by atoms with Crippen molar-refractivity contribution in [2.45, 2.75) is 35.4 Å². The van der Waals surface area contributed by atoms with Crippen molar-refractivity contribution in [3.05, 3.63) is 65.2 Å². The van der Waals surface area contributed by atoms with Crippen LogP contribution in [0.15, 0.2) is 54.1 Å². The Morgan fingerprint density at radius 2 is 1.68 bits per heavy atom. The number of hydrogen-bond acceptors (Lipinski definition) is 7. The van der Waals surface area contributed by atoms with Gasteiger partial charge in [0.25, 0.3) is 11.8 Å². The number of Topliss-reactive ketones (excluding diaryl/α,β-unsaturated/α-hetero) is 1. The molecule has 2 aliphatic heterocycles. The van der Waals surface area contributed by atoms with Crippen molar-refractivity contribution in [2.75, 3.05) is 19.1 Å². The highest BCUT2D eigenvalue weighted by molar-refractivity contribution is 6.53. The number of aromatic hydroxyl groups is 1. The third-order valence-electron chi connectivity index (χ3n) is 9.08. The maximum atomic E-state index is 14.0. The summed E-state index contributed by atoms with van der Waals surface area (Å²) in [6.07, 6.45) is 1.93. The van der Waals surface area contributed by atoms with Crippen LogP contribution < -0.4 is 9.64 Å². The number of alkyl halides is 2. The van der Waals surface area contributed by atoms with E-state index in [2.05, 4.69) is 0 Å². The average molecular weight is 597 g/mol. The Morgan fingerprint density at radius 3 is 2.32 bits per heavy atom. The van der Waals surface area contributed by atoms with Crippen LogP contribution in [0.25, 0.3) is 0 Å². The van der Waals surface area contributed by atoms with Crippen molar-refractivity contribution in [1.29, 1.82) is 0 Å². The van der Waals surface area contributed by atoms with Gasteiger partial charge in [0.15, 0.2) is 27.0 Å². The fourth-order valence-corrected chi connectivity index (χ4v) is 8.11. The number of methoxy groups -OCH3 is 1. The summed E-state index contributed by atoms with van der Waals surface area (Å²) >= 11 is 14.3. The Labute approximate surface area is 245 Å². The molecule has 2 aromatic rings. The van der Waals surface area contributed by atoms with Crippen molar-refractivity contribution in [3.63, 3.8) is 0 Å². The van der Waals surface area contributed by atoms with Gasteiger partial charge in [-0.25, -0.2) is 0 Å². The maximum absolute atomic E-state index is 14.0. The first-order chi connectivity index (χ1) is 19.4. The smallest absolute Gasteiger partial charge is 0.253 e. The zero-order valence-corrected chi connectivity index (χ0v) is 23.9. The van der Waals surface area contributed by atoms with E-state index >= 15 is 0 Å². The fraction of sp³-hybridized carbons (Fsp3) is 0.367. The molecule has 2 aliphatic carbocycles. The Morgan fingerprint density at radius 1 is 1.00 bits per heavy atom. The number of imide groups is 2. The summed E-state index contributed by atoms with van der Waals surface area (Å²) in [7, 11) is 2.71. The van der Waals surface area contributed by atoms with E-state index in [0.717, 1.165) is 9.80 Å². The van der Waals surface area contributed by atoms with Crippen LogP contribution in [0.5, 0.6) is 11.5 Å². The number of ether oxygens (including phenoxy) is 1. The van der Waals surface area contributed by atoms with Gasteiger partial charge in [0.2, 0.25) is 11.8 Å². The first kappa shape index (κ1) is 27.5. The molecule has 41 heavy (non-hydrogen) atoms. The van der Waals surface area contributed by atoms with Gasteiger partial charge in [0.05, 0.1) is 24.6 Å². The van der Waals surface area contributed by atoms with Gasteiger partial charge in [0, 0.05) is 18.5 Å². The SMILES string of the molecule is COc1cc([C@H]2C3=CC[C@@H]4C(=O)N(c5ccc(C(C)=O)cc5)C(=O)[C@@H]4[C@@H]3C[C@@]3(Cl)C(=O)N(C)C(=O)[C@@]23Cl)ccc1O. The number of anilines is 1. The molecule has 0 unspecified atom stereocenters. The summed E-state index contributed by atoms with van der Waals surface area (Å²) in [6.45, 7) is 1.43. The number of likely N-dealkylation sites (tertiary alicyclic amines) is 1. The van der Waals surface area contributed by atoms with Crippen molar-refractivity contribution < 1.29 is 33.8 Å². The number of benzene rings is 2. The van der Waals surface area contributed by atoms with Gasteiger partial charge in [-0.05, 0) is 67.6 Å². The Balaban J connectivity index is 1.49. The van der Waals surface area contributed by atoms with Crippen LogP contribution >= 0.6 is 23.2 Å². The minimum absolute atomic E-state index is 0.123. The standard InChI is InChI=1S/C30H26Cl2N2O7/c1-14(35)15-4-7-17(8-5-15)34-25(37)19-10-9-18-20(23(19)26(34)38)13-29(31)27(39)33(2)28(40)30(29,32)24(18)16-6-11-21(36)22(12-16)41-3/h4-9,11-12,19-20,23-24,36H,10,13H2,1-3H3/t19-,20+,23-,24-,29+,30-/m0/s1. The first-order valence-corrected chi connectivity index (χ1v) is 13.9. The van der Waals surface area contributed by atoms with Crippen LogP contribution in [-0.4, -0.2) is 63.3 Å². The van der Waals surface area contributed by atoms with Crippen LogP contribution in [-0.2, 0) is 19.2 Å². The maximum Gasteiger partial charge on any atom is 0.253 e. The summed E-state index contributed by atoms with van der Waals surface area (Å²) in [5, 5.41) is 10.2. The van der Waals surface area contributed by atoms with Gasteiger partial charge in [-0.3, -0.25) is 33.8 Å². The summed E-state index contributed by atoms with van der Waals surface area (Å²) in [5.41, 5.74) is 1.90. The highest BCUT2D eigenvalue weighted by Crippen LogP contribution is 2.65. The number of halogens is 2. The van der Waals surface area contributed by atoms with Crippen LogP contribution in [0, 0.1) is 17.8 Å². The molecule has 4 amide bonds. The Bertz CT molecular complexity index is 1590. The zero-order valence-electron chi connectivity index (χ0n) is 22.4. The van der Waals surface area contributed by atoms with Crippen LogP contribution in [0.1, 0.15) is 41.6 Å². The monoisotopic (exact) mass is 596 g/mol. The molecule has 9 nitrogen and oxygen atoms in total. The van der Waals surface area contributed by atoms with Gasteiger partial charge in [-0.2, -0.15) is 0 Å². The molecular formula is C30H26Cl2N2O7. The molecule has 2 aromatic carbocycles. The molecule has 2 saturated heterocycles. The number of nitrogens with zero attached hydrogens (tertiary/aromatic N) is 2. The Kier molecular flexibility index (Phi) is 6.14. The minimum atomic E-state index is -1.93. The third-order valence-corrected chi connectivity index (χ3v) is 10.5. The molecule has 6 rings (SSSR count). The fourth-order valence-electron chi connectivity index (χ4n) is 7.09. The van der Waals surface area contributed by atoms with E-state index < -0.39 is 51.1 Å². The van der Waals surface area contributed by atoms with Crippen molar-refractivity contribution >= 4 is 58.3 Å². The summed E-state index contributed by atoms with van der Waals surface area (Å²) in [6, 6.07) is 10.8. The van der Waals surface area contributed by atoms with E-state index in [9.17, 15) is 29.1 Å². The number of fused-ring (bicyclic) bond motifs is 4. The molecule has 0 bridgehead atoms. The van der Waals surface area contributed by atoms with Crippen molar-refractivity contribution in [3.8, 4) is 11.5 Å². The number of carbonyl (C=O) groups is 5. The predicted molar refractivity (Wildman–Crippen MR) is 149 cm³/mol. The van der Waals surface area contributed by atoms with E-state index in [1.807, 2.05) is 6.08 Å². The second kappa shape index (κ2) is 9.16. The quantitative estimate of drug-likeness (QED) is 0.246. The van der Waals surface area contributed by atoms with Crippen molar-refractivity contribution in [2.24, 2.45) is 17.8 Å². The van der Waals surface area contributed by atoms with Crippen molar-refractivity contribution in [1.82, 2.24) is 4.90 Å². The number of phenols is 1. The lowest BCUT2D eigenvalue weighted by molar-refractivity contribution is -0.138. The number of rotatable bonds is 4. The molecule has 0 radical (unpaired) electrons. The summed E-state index contributed by atoms with van der Waals surface area (Å²) in [5.74, 6) is -5.49. The van der Waals surface area contributed by atoms with Crippen LogP contribution in [0.4, 0.5) is 5.69 Å². The van der Waals surface area contributed by atoms with E-state index in [4.69, 9.17) is 27.9 Å². The van der Waals surface area contributed by atoms with Gasteiger partial charge in [0.1, 0.15) is 0 Å². The number of carbonyl (C=O) groups excluding carboxylic acids is 5. The topological polar surface area (TPSA) is 121 Å². The van der Waals surface area contributed by atoms with E-state index in [0.29, 0.717) is 22.4 Å². The summed E-state index contributed by atoms with van der Waals surface area (Å²) in [4.78, 5) is 64.8. The lowest BCUT2D eigenvalue weighted by Crippen LogP contribution is -2.60. The highest BCUT2D eigenvalue weighted by Gasteiger charge is 2.75. The molecule has 11 heteroatoms. The molecule has 0 aromatic heterocycles. The summed E-state index contributed by atoms with van der Waals surface area (Å²) < 4.78 is 5.30. The van der Waals surface area contributed by atoms with Gasteiger partial charge in [-0.15, -0.1) is 23.2 Å². The number of amides is 4. The van der Waals surface area contributed by atoms with E-state index in [1.54, 1.807) is 30.3 Å². The zero-order chi connectivity index (χ0) is 29.6. The lowest BCUT2D eigenvalue weighted by Gasteiger charge is -2.50. The minimum Gasteiger partial charge on any atom is -0.504 e. The molecular weight excluding hydrogens is 571 g/mol. The number of phenolic OH excluding ortho intramolecular Hbond substituents is 1. The number of ketones is 1. The normalized spacial score (nSPS) is 32.5. The number of hydrogen-bond donors (Lipinski definition) is 1. The molecule has 4 aliphatic rings. The third kappa shape index (κ3) is 3.51.